The zero-order valence-electron chi connectivity index (χ0n) is 16.7. The first-order chi connectivity index (χ1) is 12.9. The van der Waals surface area contributed by atoms with Crippen LogP contribution in [0.1, 0.15) is 67.6 Å². The van der Waals surface area contributed by atoms with Crippen molar-refractivity contribution in [3.8, 4) is 0 Å². The largest absolute Gasteiger partial charge is 0.337 e. The van der Waals surface area contributed by atoms with E-state index in [4.69, 9.17) is 0 Å². The Morgan fingerprint density at radius 2 is 1.89 bits per heavy atom. The van der Waals surface area contributed by atoms with E-state index >= 15 is 0 Å². The predicted molar refractivity (Wildman–Crippen MR) is 103 cm³/mol. The van der Waals surface area contributed by atoms with E-state index in [1.807, 2.05) is 15.6 Å². The van der Waals surface area contributed by atoms with Crippen molar-refractivity contribution < 1.29 is 4.79 Å². The van der Waals surface area contributed by atoms with Crippen molar-refractivity contribution in [3.05, 3.63) is 34.9 Å². The number of amides is 1. The molecule has 0 atom stereocenters. The van der Waals surface area contributed by atoms with Crippen molar-refractivity contribution in [2.24, 2.45) is 0 Å². The normalized spacial score (nSPS) is 18.6. The van der Waals surface area contributed by atoms with Crippen molar-refractivity contribution >= 4 is 5.91 Å². The second-order valence-corrected chi connectivity index (χ2v) is 8.84. The Hall–Kier alpha value is -2.15. The van der Waals surface area contributed by atoms with Gasteiger partial charge >= 0.3 is 0 Å². The number of aromatic nitrogens is 4. The predicted octanol–water partition coefficient (Wildman–Crippen LogP) is 2.55. The number of nitrogens with one attached hydrogen (secondary N) is 1. The summed E-state index contributed by atoms with van der Waals surface area (Å²) in [6.45, 7) is 11.8. The summed E-state index contributed by atoms with van der Waals surface area (Å²) in [5.41, 5.74) is 4.02. The average Bonchev–Trinajstić information content (AvgIpc) is 3.33. The summed E-state index contributed by atoms with van der Waals surface area (Å²) in [4.78, 5) is 17.0. The summed E-state index contributed by atoms with van der Waals surface area (Å²) < 4.78 is 2.02. The Morgan fingerprint density at radius 1 is 1.11 bits per heavy atom. The van der Waals surface area contributed by atoms with Crippen LogP contribution in [0.15, 0.2) is 12.1 Å². The van der Waals surface area contributed by atoms with Crippen LogP contribution in [-0.2, 0) is 25.0 Å². The quantitative estimate of drug-likeness (QED) is 0.901. The molecular weight excluding hydrogens is 340 g/mol. The minimum absolute atomic E-state index is 0.0526. The summed E-state index contributed by atoms with van der Waals surface area (Å²) in [5, 5.41) is 12.3. The van der Waals surface area contributed by atoms with Crippen molar-refractivity contribution in [1.82, 2.24) is 29.8 Å². The molecule has 2 aromatic rings. The molecule has 2 aromatic heterocycles. The lowest BCUT2D eigenvalue weighted by Crippen LogP contribution is -2.28. The minimum atomic E-state index is 0.0526. The van der Waals surface area contributed by atoms with Gasteiger partial charge in [-0.1, -0.05) is 20.8 Å². The molecule has 1 amide bonds. The molecule has 2 aliphatic heterocycles. The number of H-pyrrole nitrogens is 1. The highest BCUT2D eigenvalue weighted by Crippen LogP contribution is 2.22. The summed E-state index contributed by atoms with van der Waals surface area (Å²) >= 11 is 0. The molecule has 0 spiro atoms. The first-order valence-electron chi connectivity index (χ1n) is 10.0. The second-order valence-electron chi connectivity index (χ2n) is 8.84. The van der Waals surface area contributed by atoms with Gasteiger partial charge in [-0.25, -0.2) is 0 Å². The van der Waals surface area contributed by atoms with Crippen LogP contribution in [0.25, 0.3) is 0 Å². The van der Waals surface area contributed by atoms with E-state index in [0.717, 1.165) is 75.6 Å². The highest BCUT2D eigenvalue weighted by Gasteiger charge is 2.25. The molecule has 27 heavy (non-hydrogen) atoms. The number of aromatic amines is 1. The van der Waals surface area contributed by atoms with E-state index < -0.39 is 0 Å². The van der Waals surface area contributed by atoms with Crippen LogP contribution in [0.5, 0.6) is 0 Å². The standard InChI is InChI=1S/C20H30N6O/c1-20(2,3)18-11-15(21-22-18)13-24-7-6-10-26-16(14-24)12-17(23-26)19(27)25-8-4-5-9-25/h11-12H,4-10,13-14H2,1-3H3,(H,21,22). The molecule has 0 radical (unpaired) electrons. The lowest BCUT2D eigenvalue weighted by molar-refractivity contribution is 0.0786. The highest BCUT2D eigenvalue weighted by atomic mass is 16.2. The van der Waals surface area contributed by atoms with Crippen LogP contribution in [-0.4, -0.2) is 55.3 Å². The lowest BCUT2D eigenvalue weighted by atomic mass is 9.92. The third-order valence-corrected chi connectivity index (χ3v) is 5.50. The molecule has 0 bridgehead atoms. The maximum atomic E-state index is 12.6. The second kappa shape index (κ2) is 7.11. The van der Waals surface area contributed by atoms with Crippen LogP contribution in [0.2, 0.25) is 0 Å². The number of aryl methyl sites for hydroxylation is 1. The maximum Gasteiger partial charge on any atom is 0.274 e. The van der Waals surface area contributed by atoms with Gasteiger partial charge < -0.3 is 4.90 Å². The van der Waals surface area contributed by atoms with Gasteiger partial charge in [0.05, 0.1) is 11.4 Å². The molecule has 4 rings (SSSR count). The van der Waals surface area contributed by atoms with Crippen molar-refractivity contribution in [1.29, 1.82) is 0 Å². The van der Waals surface area contributed by atoms with E-state index in [1.165, 1.54) is 0 Å². The molecule has 7 heteroatoms. The summed E-state index contributed by atoms with van der Waals surface area (Å²) in [7, 11) is 0. The maximum absolute atomic E-state index is 12.6. The Morgan fingerprint density at radius 3 is 2.59 bits per heavy atom. The Balaban J connectivity index is 1.46. The molecule has 0 unspecified atom stereocenters. The van der Waals surface area contributed by atoms with Crippen LogP contribution in [0.4, 0.5) is 0 Å². The fraction of sp³-hybridized carbons (Fsp3) is 0.650. The average molecular weight is 371 g/mol. The molecule has 146 valence electrons. The number of rotatable bonds is 3. The van der Waals surface area contributed by atoms with Crippen LogP contribution >= 0.6 is 0 Å². The number of fused-ring (bicyclic) bond motifs is 1. The van der Waals surface area contributed by atoms with Crippen molar-refractivity contribution in [3.63, 3.8) is 0 Å². The molecular formula is C20H30N6O. The molecule has 0 aromatic carbocycles. The first-order valence-corrected chi connectivity index (χ1v) is 10.0. The number of likely N-dealkylation sites (tertiary alicyclic amines) is 1. The summed E-state index contributed by atoms with van der Waals surface area (Å²) in [6.07, 6.45) is 3.24. The molecule has 2 aliphatic rings. The third kappa shape index (κ3) is 3.93. The van der Waals surface area contributed by atoms with Gasteiger partial charge in [0, 0.05) is 50.4 Å². The Kier molecular flexibility index (Phi) is 4.80. The minimum Gasteiger partial charge on any atom is -0.337 e. The van der Waals surface area contributed by atoms with E-state index in [2.05, 4.69) is 47.0 Å². The highest BCUT2D eigenvalue weighted by molar-refractivity contribution is 5.92. The number of carbonyl (C=O) groups is 1. The Labute approximate surface area is 160 Å². The van der Waals surface area contributed by atoms with E-state index in [9.17, 15) is 4.79 Å². The van der Waals surface area contributed by atoms with Gasteiger partial charge in [-0.3, -0.25) is 19.5 Å². The molecule has 0 aliphatic carbocycles. The zero-order chi connectivity index (χ0) is 19.0. The summed E-state index contributed by atoms with van der Waals surface area (Å²) in [5.74, 6) is 0.0861. The fourth-order valence-corrected chi connectivity index (χ4v) is 3.92. The van der Waals surface area contributed by atoms with Gasteiger partial charge in [0.15, 0.2) is 5.69 Å². The summed E-state index contributed by atoms with van der Waals surface area (Å²) in [6, 6.07) is 4.16. The van der Waals surface area contributed by atoms with Crippen LogP contribution in [0, 0.1) is 0 Å². The molecule has 7 nitrogen and oxygen atoms in total. The topological polar surface area (TPSA) is 70.1 Å². The molecule has 1 saturated heterocycles. The molecule has 0 saturated carbocycles. The van der Waals surface area contributed by atoms with Crippen molar-refractivity contribution in [2.75, 3.05) is 19.6 Å². The molecule has 4 heterocycles. The van der Waals surface area contributed by atoms with Gasteiger partial charge in [0.1, 0.15) is 0 Å². The first kappa shape index (κ1) is 18.2. The number of hydrogen-bond donors (Lipinski definition) is 1. The van der Waals surface area contributed by atoms with E-state index in [1.54, 1.807) is 0 Å². The van der Waals surface area contributed by atoms with Gasteiger partial charge in [-0.2, -0.15) is 10.2 Å². The Bertz CT molecular complexity index is 809. The van der Waals surface area contributed by atoms with Gasteiger partial charge in [-0.05, 0) is 31.4 Å². The van der Waals surface area contributed by atoms with Gasteiger partial charge in [0.25, 0.3) is 5.91 Å². The number of carbonyl (C=O) groups excluding carboxylic acids is 1. The van der Waals surface area contributed by atoms with Crippen molar-refractivity contribution in [2.45, 2.75) is 65.1 Å². The smallest absolute Gasteiger partial charge is 0.274 e. The fourth-order valence-electron chi connectivity index (χ4n) is 3.92. The zero-order valence-corrected chi connectivity index (χ0v) is 16.7. The van der Waals surface area contributed by atoms with Crippen LogP contribution in [0.3, 0.4) is 0 Å². The van der Waals surface area contributed by atoms with E-state index in [-0.39, 0.29) is 11.3 Å². The third-order valence-electron chi connectivity index (χ3n) is 5.50. The van der Waals surface area contributed by atoms with Gasteiger partial charge in [0.2, 0.25) is 0 Å². The van der Waals surface area contributed by atoms with Crippen LogP contribution < -0.4 is 0 Å². The molecule has 1 N–H and O–H groups in total. The van der Waals surface area contributed by atoms with E-state index in [0.29, 0.717) is 5.69 Å². The SMILES string of the molecule is CC(C)(C)c1cc(CN2CCCn3nc(C(=O)N4CCCC4)cc3C2)[nH]n1. The van der Waals surface area contributed by atoms with Gasteiger partial charge in [-0.15, -0.1) is 0 Å². The monoisotopic (exact) mass is 370 g/mol. The number of nitrogens with zero attached hydrogens (tertiary/aromatic N) is 5. The lowest BCUT2D eigenvalue weighted by Gasteiger charge is -2.18. The number of hydrogen-bond acceptors (Lipinski definition) is 4. The molecule has 1 fully saturated rings.